The van der Waals surface area contributed by atoms with E-state index in [1.54, 1.807) is 0 Å². The van der Waals surface area contributed by atoms with Crippen molar-refractivity contribution in [1.82, 2.24) is 5.32 Å². The van der Waals surface area contributed by atoms with E-state index in [0.717, 1.165) is 11.6 Å². The molecule has 0 aliphatic rings. The number of benzene rings is 1. The van der Waals surface area contributed by atoms with E-state index in [-0.39, 0.29) is 0 Å². The van der Waals surface area contributed by atoms with Crippen LogP contribution in [-0.4, -0.2) is 6.54 Å². The summed E-state index contributed by atoms with van der Waals surface area (Å²) >= 11 is 5.80. The third-order valence-electron chi connectivity index (χ3n) is 2.04. The maximum Gasteiger partial charge on any atom is 0.0581 e. The second-order valence-corrected chi connectivity index (χ2v) is 3.52. The van der Waals surface area contributed by atoms with E-state index in [1.807, 2.05) is 31.2 Å². The van der Waals surface area contributed by atoms with Gasteiger partial charge in [-0.3, -0.25) is 5.32 Å². The lowest BCUT2D eigenvalue weighted by Crippen LogP contribution is -2.18. The van der Waals surface area contributed by atoms with Gasteiger partial charge in [-0.2, -0.15) is 0 Å². The lowest BCUT2D eigenvalue weighted by Gasteiger charge is -2.11. The Morgan fingerprint density at radius 1 is 1.36 bits per heavy atom. The van der Waals surface area contributed by atoms with Crippen LogP contribution in [0.4, 0.5) is 0 Å². The van der Waals surface area contributed by atoms with Crippen LogP contribution in [0.2, 0.25) is 5.02 Å². The monoisotopic (exact) mass is 207 g/mol. The first-order valence-electron chi connectivity index (χ1n) is 4.62. The van der Waals surface area contributed by atoms with Crippen LogP contribution in [0.15, 0.2) is 24.3 Å². The Morgan fingerprint density at radius 3 is 2.57 bits per heavy atom. The minimum atomic E-state index is 0.313. The van der Waals surface area contributed by atoms with E-state index in [1.165, 1.54) is 5.56 Å². The molecule has 1 N–H and O–H groups in total. The Kier molecular flexibility index (Phi) is 4.52. The van der Waals surface area contributed by atoms with E-state index in [9.17, 15) is 0 Å². The highest BCUT2D eigenvalue weighted by atomic mass is 35.5. The highest BCUT2D eigenvalue weighted by Gasteiger charge is 2.02. The molecule has 1 aromatic carbocycles. The summed E-state index contributed by atoms with van der Waals surface area (Å²) < 4.78 is 0. The van der Waals surface area contributed by atoms with Gasteiger partial charge in [-0.1, -0.05) is 29.7 Å². The molecule has 0 heterocycles. The van der Waals surface area contributed by atoms with Crippen molar-refractivity contribution in [2.24, 2.45) is 0 Å². The topological polar surface area (TPSA) is 12.0 Å². The first kappa shape index (κ1) is 11.1. The number of nitrogens with one attached hydrogen (secondary N) is 1. The summed E-state index contributed by atoms with van der Waals surface area (Å²) in [4.78, 5) is 0. The van der Waals surface area contributed by atoms with Gasteiger partial charge < -0.3 is 0 Å². The molecule has 1 rings (SSSR count). The largest absolute Gasteiger partial charge is 0.300 e. The summed E-state index contributed by atoms with van der Waals surface area (Å²) in [5, 5.41) is 4.08. The zero-order valence-corrected chi connectivity index (χ0v) is 9.23. The minimum Gasteiger partial charge on any atom is -0.300 e. The Balaban J connectivity index is 2.54. The summed E-state index contributed by atoms with van der Waals surface area (Å²) in [5.74, 6) is 5.82. The standard InChI is InChI=1S/C12H14ClN/c1-3-4-9-14-10(2)11-5-7-12(13)8-6-11/h5-8,10,14H,9H2,1-2H3/t10-/m0/s1. The molecule has 0 fully saturated rings. The molecule has 1 nitrogen and oxygen atoms in total. The molecule has 0 amide bonds. The van der Waals surface area contributed by atoms with Gasteiger partial charge in [-0.05, 0) is 31.5 Å². The highest BCUT2D eigenvalue weighted by Crippen LogP contribution is 2.15. The number of rotatable bonds is 3. The fourth-order valence-electron chi connectivity index (χ4n) is 1.16. The van der Waals surface area contributed by atoms with Crippen LogP contribution in [0.1, 0.15) is 25.5 Å². The van der Waals surface area contributed by atoms with Crippen LogP contribution >= 0.6 is 11.6 Å². The average Bonchev–Trinajstić information content (AvgIpc) is 2.19. The van der Waals surface area contributed by atoms with Gasteiger partial charge in [0, 0.05) is 11.1 Å². The van der Waals surface area contributed by atoms with E-state index >= 15 is 0 Å². The Hall–Kier alpha value is -0.970. The maximum atomic E-state index is 5.80. The summed E-state index contributed by atoms with van der Waals surface area (Å²) in [6, 6.07) is 8.17. The van der Waals surface area contributed by atoms with Gasteiger partial charge in [0.05, 0.1) is 6.54 Å². The van der Waals surface area contributed by atoms with Crippen LogP contribution in [0.5, 0.6) is 0 Å². The number of hydrogen-bond acceptors (Lipinski definition) is 1. The molecule has 0 aliphatic heterocycles. The van der Waals surface area contributed by atoms with Crippen LogP contribution in [0, 0.1) is 11.8 Å². The quantitative estimate of drug-likeness (QED) is 0.752. The predicted molar refractivity (Wildman–Crippen MR) is 61.3 cm³/mol. The molecule has 74 valence electrons. The van der Waals surface area contributed by atoms with Crippen molar-refractivity contribution in [1.29, 1.82) is 0 Å². The molecule has 14 heavy (non-hydrogen) atoms. The van der Waals surface area contributed by atoms with Crippen molar-refractivity contribution in [3.8, 4) is 11.8 Å². The first-order valence-corrected chi connectivity index (χ1v) is 5.00. The summed E-state index contributed by atoms with van der Waals surface area (Å²) in [7, 11) is 0. The summed E-state index contributed by atoms with van der Waals surface area (Å²) in [5.41, 5.74) is 1.23. The third-order valence-corrected chi connectivity index (χ3v) is 2.30. The third kappa shape index (κ3) is 3.41. The molecule has 1 aromatic rings. The molecule has 2 heteroatoms. The lowest BCUT2D eigenvalue weighted by atomic mass is 10.1. The zero-order chi connectivity index (χ0) is 10.4. The van der Waals surface area contributed by atoms with E-state index in [4.69, 9.17) is 11.6 Å². The van der Waals surface area contributed by atoms with Crippen LogP contribution in [0.25, 0.3) is 0 Å². The van der Waals surface area contributed by atoms with Gasteiger partial charge in [0.2, 0.25) is 0 Å². The molecule has 0 saturated heterocycles. The molecule has 1 atom stereocenters. The zero-order valence-electron chi connectivity index (χ0n) is 8.47. The average molecular weight is 208 g/mol. The van der Waals surface area contributed by atoms with Gasteiger partial charge in [-0.25, -0.2) is 0 Å². The molecular weight excluding hydrogens is 194 g/mol. The van der Waals surface area contributed by atoms with E-state index in [0.29, 0.717) is 6.04 Å². The van der Waals surface area contributed by atoms with Crippen molar-refractivity contribution in [2.75, 3.05) is 6.54 Å². The SMILES string of the molecule is CC#CCN[C@@H](C)c1ccc(Cl)cc1. The minimum absolute atomic E-state index is 0.313. The van der Waals surface area contributed by atoms with Crippen molar-refractivity contribution < 1.29 is 0 Å². The van der Waals surface area contributed by atoms with Crippen LogP contribution in [-0.2, 0) is 0 Å². The van der Waals surface area contributed by atoms with Crippen molar-refractivity contribution in [3.63, 3.8) is 0 Å². The fraction of sp³-hybridized carbons (Fsp3) is 0.333. The lowest BCUT2D eigenvalue weighted by molar-refractivity contribution is 0.623. The Labute approximate surface area is 90.5 Å². The Bertz CT molecular complexity index is 332. The molecule has 0 bridgehead atoms. The molecule has 0 radical (unpaired) electrons. The second-order valence-electron chi connectivity index (χ2n) is 3.08. The fourth-order valence-corrected chi connectivity index (χ4v) is 1.29. The van der Waals surface area contributed by atoms with Gasteiger partial charge in [0.15, 0.2) is 0 Å². The smallest absolute Gasteiger partial charge is 0.0581 e. The van der Waals surface area contributed by atoms with Crippen LogP contribution in [0.3, 0.4) is 0 Å². The van der Waals surface area contributed by atoms with Crippen molar-refractivity contribution in [2.45, 2.75) is 19.9 Å². The van der Waals surface area contributed by atoms with Gasteiger partial charge >= 0.3 is 0 Å². The van der Waals surface area contributed by atoms with Gasteiger partial charge in [0.25, 0.3) is 0 Å². The summed E-state index contributed by atoms with van der Waals surface area (Å²) in [6.07, 6.45) is 0. The van der Waals surface area contributed by atoms with Gasteiger partial charge in [0.1, 0.15) is 0 Å². The number of hydrogen-bond donors (Lipinski definition) is 1. The first-order chi connectivity index (χ1) is 6.74. The molecular formula is C12H14ClN. The molecule has 0 aliphatic carbocycles. The van der Waals surface area contributed by atoms with Crippen molar-refractivity contribution >= 4 is 11.6 Å². The predicted octanol–water partition coefficient (Wildman–Crippen LogP) is 3.01. The molecule has 0 spiro atoms. The summed E-state index contributed by atoms with van der Waals surface area (Å²) in [6.45, 7) is 4.68. The van der Waals surface area contributed by atoms with E-state index in [2.05, 4.69) is 24.1 Å². The van der Waals surface area contributed by atoms with Crippen molar-refractivity contribution in [3.05, 3.63) is 34.9 Å². The highest BCUT2D eigenvalue weighted by molar-refractivity contribution is 6.30. The van der Waals surface area contributed by atoms with Gasteiger partial charge in [-0.15, -0.1) is 5.92 Å². The van der Waals surface area contributed by atoms with E-state index < -0.39 is 0 Å². The number of halogens is 1. The normalized spacial score (nSPS) is 11.6. The molecule has 0 unspecified atom stereocenters. The molecule has 0 saturated carbocycles. The maximum absolute atomic E-state index is 5.80. The molecule has 0 aromatic heterocycles. The second kappa shape index (κ2) is 5.70. The van der Waals surface area contributed by atoms with Crippen LogP contribution < -0.4 is 5.32 Å². The Morgan fingerprint density at radius 2 is 2.00 bits per heavy atom.